The molecule has 2 aromatic carbocycles. The maximum absolute atomic E-state index is 13.9. The van der Waals surface area contributed by atoms with E-state index >= 15 is 0 Å². The Morgan fingerprint density at radius 1 is 1.11 bits per heavy atom. The number of aromatic nitrogens is 1. The lowest BCUT2D eigenvalue weighted by molar-refractivity contribution is -0.126. The van der Waals surface area contributed by atoms with E-state index in [4.69, 9.17) is 39.5 Å². The summed E-state index contributed by atoms with van der Waals surface area (Å²) in [4.78, 5) is 29.1. The van der Waals surface area contributed by atoms with E-state index in [1.807, 2.05) is 18.2 Å². The molecule has 6 nitrogen and oxygen atoms in total. The molecule has 1 fully saturated rings. The Balaban J connectivity index is 1.79. The Bertz CT molecular complexity index is 1200. The van der Waals surface area contributed by atoms with Crippen molar-refractivity contribution in [1.29, 1.82) is 0 Å². The highest BCUT2D eigenvalue weighted by atomic mass is 35.5. The number of carbonyl (C=O) groups excluding carboxylic acids is 2. The zero-order valence-corrected chi connectivity index (χ0v) is 22.1. The summed E-state index contributed by atoms with van der Waals surface area (Å²) in [6.07, 6.45) is 3.95. The quantitative estimate of drug-likeness (QED) is 0.344. The molecule has 0 aliphatic heterocycles. The van der Waals surface area contributed by atoms with Crippen molar-refractivity contribution < 1.29 is 14.3 Å². The first-order chi connectivity index (χ1) is 16.9. The summed E-state index contributed by atoms with van der Waals surface area (Å²) < 4.78 is 9.67. The summed E-state index contributed by atoms with van der Waals surface area (Å²) in [6, 6.07) is 13.4. The van der Waals surface area contributed by atoms with Gasteiger partial charge in [0, 0.05) is 17.6 Å². The fourth-order valence-electron chi connectivity index (χ4n) is 4.23. The summed E-state index contributed by atoms with van der Waals surface area (Å²) in [5.74, 6) is -0.151. The number of ether oxygens (including phenoxy) is 1. The first-order valence-electron chi connectivity index (χ1n) is 11.2. The van der Waals surface area contributed by atoms with Crippen LogP contribution in [0.2, 0.25) is 14.4 Å². The lowest BCUT2D eigenvalue weighted by Gasteiger charge is -2.32. The summed E-state index contributed by atoms with van der Waals surface area (Å²) in [5, 5.41) is 3.69. The lowest BCUT2D eigenvalue weighted by Crippen LogP contribution is -2.46. The van der Waals surface area contributed by atoms with Crippen molar-refractivity contribution in [2.75, 3.05) is 7.11 Å². The largest absolute Gasteiger partial charge is 0.497 e. The minimum atomic E-state index is -0.957. The number of amides is 2. The smallest absolute Gasteiger partial charge is 0.276 e. The predicted molar refractivity (Wildman–Crippen MR) is 140 cm³/mol. The predicted octanol–water partition coefficient (Wildman–Crippen LogP) is 6.55. The van der Waals surface area contributed by atoms with Crippen molar-refractivity contribution in [3.05, 3.63) is 79.7 Å². The Morgan fingerprint density at radius 2 is 1.80 bits per heavy atom. The summed E-state index contributed by atoms with van der Waals surface area (Å²) in [7, 11) is 1.57. The number of benzene rings is 2. The molecular formula is C25H24Cl3N3O3S. The third kappa shape index (κ3) is 5.92. The second-order valence-corrected chi connectivity index (χ2v) is 10.5. The number of nitrogens with zero attached hydrogens (tertiary/aromatic N) is 2. The third-order valence-electron chi connectivity index (χ3n) is 6.05. The van der Waals surface area contributed by atoms with Crippen molar-refractivity contribution in [3.8, 4) is 5.75 Å². The molecule has 184 valence electrons. The fraction of sp³-hybridized carbons (Fsp3) is 0.320. The first-order valence-corrected chi connectivity index (χ1v) is 13.1. The lowest BCUT2D eigenvalue weighted by atomic mass is 10.0. The van der Waals surface area contributed by atoms with Gasteiger partial charge in [-0.05, 0) is 53.7 Å². The molecule has 0 saturated heterocycles. The third-order valence-corrected chi connectivity index (χ3v) is 8.03. The average molecular weight is 553 g/mol. The van der Waals surface area contributed by atoms with E-state index in [0.717, 1.165) is 37.2 Å². The van der Waals surface area contributed by atoms with Gasteiger partial charge in [-0.2, -0.15) is 4.37 Å². The van der Waals surface area contributed by atoms with Gasteiger partial charge in [-0.25, -0.2) is 0 Å². The molecule has 0 bridgehead atoms. The van der Waals surface area contributed by atoms with Gasteiger partial charge in [0.15, 0.2) is 5.69 Å². The van der Waals surface area contributed by atoms with Crippen molar-refractivity contribution in [2.45, 2.75) is 44.3 Å². The van der Waals surface area contributed by atoms with Crippen LogP contribution < -0.4 is 10.1 Å². The molecule has 1 N–H and O–H groups in total. The van der Waals surface area contributed by atoms with E-state index in [1.165, 1.54) is 4.90 Å². The number of methoxy groups -OCH3 is 1. The fourth-order valence-corrected chi connectivity index (χ4v) is 5.41. The van der Waals surface area contributed by atoms with Crippen LogP contribution >= 0.6 is 46.3 Å². The molecule has 1 aromatic heterocycles. The number of halogens is 3. The van der Waals surface area contributed by atoms with E-state index < -0.39 is 11.9 Å². The van der Waals surface area contributed by atoms with Crippen LogP contribution in [0, 0.1) is 0 Å². The van der Waals surface area contributed by atoms with Crippen LogP contribution in [0.15, 0.2) is 48.5 Å². The zero-order valence-electron chi connectivity index (χ0n) is 19.0. The standard InChI is InChI=1S/C25H24Cl3N3O3S/c1-34-18-12-10-15(11-13-18)22(24(32)29-17-7-3-4-8-17)31(14-16-6-2-5-9-19(16)26)25(33)21-20(27)23(28)35-30-21/h2,5-6,9-13,17,22H,3-4,7-8,14H2,1H3,(H,29,32)/t22-/m0/s1. The van der Waals surface area contributed by atoms with Crippen LogP contribution in [0.4, 0.5) is 0 Å². The molecule has 0 spiro atoms. The van der Waals surface area contributed by atoms with Crippen LogP contribution in [-0.2, 0) is 11.3 Å². The van der Waals surface area contributed by atoms with Gasteiger partial charge < -0.3 is 15.0 Å². The Labute approximate surface area is 223 Å². The van der Waals surface area contributed by atoms with Crippen molar-refractivity contribution in [1.82, 2.24) is 14.6 Å². The van der Waals surface area contributed by atoms with Crippen molar-refractivity contribution in [2.24, 2.45) is 0 Å². The molecule has 2 amide bonds. The van der Waals surface area contributed by atoms with Crippen LogP contribution in [0.5, 0.6) is 5.75 Å². The molecule has 10 heteroatoms. The van der Waals surface area contributed by atoms with Gasteiger partial charge in [0.1, 0.15) is 21.2 Å². The zero-order chi connectivity index (χ0) is 24.9. The topological polar surface area (TPSA) is 71.5 Å². The second-order valence-electron chi connectivity index (χ2n) is 8.31. The normalized spacial score (nSPS) is 14.5. The number of hydrogen-bond donors (Lipinski definition) is 1. The maximum atomic E-state index is 13.9. The Kier molecular flexibility index (Phi) is 8.55. The van der Waals surface area contributed by atoms with E-state index in [-0.39, 0.29) is 33.5 Å². The summed E-state index contributed by atoms with van der Waals surface area (Å²) in [6.45, 7) is 0.0682. The van der Waals surface area contributed by atoms with Gasteiger partial charge in [-0.3, -0.25) is 9.59 Å². The molecule has 0 radical (unpaired) electrons. The Morgan fingerprint density at radius 3 is 2.40 bits per heavy atom. The van der Waals surface area contributed by atoms with E-state index in [0.29, 0.717) is 21.9 Å². The van der Waals surface area contributed by atoms with Crippen molar-refractivity contribution in [3.63, 3.8) is 0 Å². The highest BCUT2D eigenvalue weighted by molar-refractivity contribution is 7.11. The molecule has 1 atom stereocenters. The van der Waals surface area contributed by atoms with Crippen LogP contribution in [-0.4, -0.2) is 34.2 Å². The SMILES string of the molecule is COc1ccc([C@@H](C(=O)NC2CCCC2)N(Cc2ccccc2Cl)C(=O)c2nsc(Cl)c2Cl)cc1. The highest BCUT2D eigenvalue weighted by Crippen LogP contribution is 2.34. The van der Waals surface area contributed by atoms with Gasteiger partial charge in [0.2, 0.25) is 5.91 Å². The molecule has 3 aromatic rings. The maximum Gasteiger partial charge on any atom is 0.276 e. The number of rotatable bonds is 8. The summed E-state index contributed by atoms with van der Waals surface area (Å²) in [5.41, 5.74) is 1.31. The van der Waals surface area contributed by atoms with Gasteiger partial charge in [-0.1, -0.05) is 78.0 Å². The van der Waals surface area contributed by atoms with Crippen LogP contribution in [0.3, 0.4) is 0 Å². The van der Waals surface area contributed by atoms with Gasteiger partial charge in [0.25, 0.3) is 5.91 Å². The molecular weight excluding hydrogens is 529 g/mol. The number of nitrogens with one attached hydrogen (secondary N) is 1. The average Bonchev–Trinajstić information content (AvgIpc) is 3.49. The van der Waals surface area contributed by atoms with Crippen molar-refractivity contribution >= 4 is 58.1 Å². The molecule has 4 rings (SSSR count). The molecule has 1 heterocycles. The van der Waals surface area contributed by atoms with Gasteiger partial charge in [-0.15, -0.1) is 0 Å². The minimum absolute atomic E-state index is 0.000832. The second kappa shape index (κ2) is 11.6. The summed E-state index contributed by atoms with van der Waals surface area (Å²) >= 11 is 19.8. The number of hydrogen-bond acceptors (Lipinski definition) is 5. The molecule has 0 unspecified atom stereocenters. The molecule has 35 heavy (non-hydrogen) atoms. The monoisotopic (exact) mass is 551 g/mol. The number of carbonyl (C=O) groups is 2. The van der Waals surface area contributed by atoms with Crippen LogP contribution in [0.25, 0.3) is 0 Å². The first kappa shape index (κ1) is 25.8. The van der Waals surface area contributed by atoms with E-state index in [2.05, 4.69) is 9.69 Å². The Hall–Kier alpha value is -2.32. The van der Waals surface area contributed by atoms with Crippen LogP contribution in [0.1, 0.15) is 53.3 Å². The minimum Gasteiger partial charge on any atom is -0.497 e. The van der Waals surface area contributed by atoms with Gasteiger partial charge >= 0.3 is 0 Å². The van der Waals surface area contributed by atoms with E-state index in [1.54, 1.807) is 37.4 Å². The molecule has 1 aliphatic rings. The molecule has 1 saturated carbocycles. The van der Waals surface area contributed by atoms with Gasteiger partial charge in [0.05, 0.1) is 7.11 Å². The molecule has 1 aliphatic carbocycles. The van der Waals surface area contributed by atoms with E-state index in [9.17, 15) is 9.59 Å². The highest BCUT2D eigenvalue weighted by Gasteiger charge is 2.36.